The van der Waals surface area contributed by atoms with E-state index in [4.69, 9.17) is 11.6 Å². The van der Waals surface area contributed by atoms with Gasteiger partial charge in [-0.25, -0.2) is 17.9 Å². The van der Waals surface area contributed by atoms with Crippen molar-refractivity contribution in [3.8, 4) is 0 Å². The SMILES string of the molecule is CCc1cc(CC(NS(=O)(=O)c2ccc(Cl)cc2)c2cccnc2)ccc1C(=O)O. The molecule has 0 aliphatic rings. The molecule has 8 heteroatoms. The molecule has 0 amide bonds. The second-order valence-corrected chi connectivity index (χ2v) is 8.92. The zero-order valence-electron chi connectivity index (χ0n) is 16.2. The van der Waals surface area contributed by atoms with Crippen LogP contribution < -0.4 is 4.72 Å². The summed E-state index contributed by atoms with van der Waals surface area (Å²) in [5.74, 6) is -0.981. The van der Waals surface area contributed by atoms with Gasteiger partial charge in [0.05, 0.1) is 16.5 Å². The number of hydrogen-bond donors (Lipinski definition) is 2. The van der Waals surface area contributed by atoms with Gasteiger partial charge in [-0.2, -0.15) is 0 Å². The zero-order chi connectivity index (χ0) is 21.7. The lowest BCUT2D eigenvalue weighted by atomic mass is 9.96. The van der Waals surface area contributed by atoms with Gasteiger partial charge in [-0.3, -0.25) is 4.98 Å². The lowest BCUT2D eigenvalue weighted by Gasteiger charge is -2.20. The highest BCUT2D eigenvalue weighted by Crippen LogP contribution is 2.24. The first-order valence-corrected chi connectivity index (χ1v) is 11.2. The molecule has 2 aromatic carbocycles. The van der Waals surface area contributed by atoms with Crippen LogP contribution in [0.15, 0.2) is 71.9 Å². The number of carbonyl (C=O) groups is 1. The number of carboxylic acids is 1. The minimum absolute atomic E-state index is 0.108. The summed E-state index contributed by atoms with van der Waals surface area (Å²) >= 11 is 5.87. The standard InChI is InChI=1S/C22H21ClN2O4S/c1-2-16-12-15(5-10-20(16)22(26)27)13-21(17-4-3-11-24-14-17)25-30(28,29)19-8-6-18(23)7-9-19/h3-12,14,21,25H,2,13H2,1H3,(H,26,27). The molecule has 0 fully saturated rings. The highest BCUT2D eigenvalue weighted by atomic mass is 35.5. The summed E-state index contributed by atoms with van der Waals surface area (Å²) in [6.07, 6.45) is 4.13. The Kier molecular flexibility index (Phi) is 6.87. The van der Waals surface area contributed by atoms with Gasteiger partial charge in [0.2, 0.25) is 10.0 Å². The van der Waals surface area contributed by atoms with Crippen LogP contribution in [0.25, 0.3) is 0 Å². The van der Waals surface area contributed by atoms with E-state index in [2.05, 4.69) is 9.71 Å². The predicted octanol–water partition coefficient (Wildman–Crippen LogP) is 4.26. The van der Waals surface area contributed by atoms with Crippen molar-refractivity contribution < 1.29 is 18.3 Å². The van der Waals surface area contributed by atoms with Gasteiger partial charge in [0.1, 0.15) is 0 Å². The average Bonchev–Trinajstić information content (AvgIpc) is 2.73. The van der Waals surface area contributed by atoms with Crippen LogP contribution in [-0.2, 0) is 22.9 Å². The van der Waals surface area contributed by atoms with Gasteiger partial charge in [-0.15, -0.1) is 0 Å². The van der Waals surface area contributed by atoms with Gasteiger partial charge in [0.15, 0.2) is 0 Å². The third-order valence-corrected chi connectivity index (χ3v) is 6.47. The van der Waals surface area contributed by atoms with Crippen molar-refractivity contribution in [1.29, 1.82) is 0 Å². The van der Waals surface area contributed by atoms with Gasteiger partial charge in [-0.05, 0) is 65.9 Å². The van der Waals surface area contributed by atoms with Crippen LogP contribution in [0.5, 0.6) is 0 Å². The molecular weight excluding hydrogens is 424 g/mol. The monoisotopic (exact) mass is 444 g/mol. The second-order valence-electron chi connectivity index (χ2n) is 6.77. The number of aryl methyl sites for hydroxylation is 1. The molecule has 1 unspecified atom stereocenters. The van der Waals surface area contributed by atoms with Crippen molar-refractivity contribution in [1.82, 2.24) is 9.71 Å². The van der Waals surface area contributed by atoms with Crippen LogP contribution in [0.3, 0.4) is 0 Å². The average molecular weight is 445 g/mol. The molecule has 1 atom stereocenters. The van der Waals surface area contributed by atoms with Crippen LogP contribution >= 0.6 is 11.6 Å². The normalized spacial score (nSPS) is 12.5. The van der Waals surface area contributed by atoms with E-state index in [0.717, 1.165) is 5.56 Å². The molecule has 2 N–H and O–H groups in total. The maximum Gasteiger partial charge on any atom is 0.335 e. The number of carboxylic acid groups (broad SMARTS) is 1. The Bertz CT molecular complexity index is 1130. The number of sulfonamides is 1. The predicted molar refractivity (Wildman–Crippen MR) is 115 cm³/mol. The Hall–Kier alpha value is -2.74. The summed E-state index contributed by atoms with van der Waals surface area (Å²) in [6.45, 7) is 1.88. The minimum atomic E-state index is -3.81. The summed E-state index contributed by atoms with van der Waals surface area (Å²) < 4.78 is 28.6. The number of nitrogens with zero attached hydrogens (tertiary/aromatic N) is 1. The Morgan fingerprint density at radius 2 is 1.90 bits per heavy atom. The second kappa shape index (κ2) is 9.38. The van der Waals surface area contributed by atoms with E-state index in [1.54, 1.807) is 36.7 Å². The van der Waals surface area contributed by atoms with E-state index in [0.29, 0.717) is 29.0 Å². The quantitative estimate of drug-likeness (QED) is 0.541. The topological polar surface area (TPSA) is 96.4 Å². The van der Waals surface area contributed by atoms with E-state index in [1.807, 2.05) is 13.0 Å². The number of hydrogen-bond acceptors (Lipinski definition) is 4. The molecule has 3 rings (SSSR count). The van der Waals surface area contributed by atoms with Gasteiger partial charge in [0, 0.05) is 17.4 Å². The zero-order valence-corrected chi connectivity index (χ0v) is 17.8. The minimum Gasteiger partial charge on any atom is -0.478 e. The van der Waals surface area contributed by atoms with Crippen LogP contribution in [0, 0.1) is 0 Å². The van der Waals surface area contributed by atoms with Gasteiger partial charge in [-0.1, -0.05) is 36.7 Å². The lowest BCUT2D eigenvalue weighted by Crippen LogP contribution is -2.30. The Morgan fingerprint density at radius 1 is 1.17 bits per heavy atom. The van der Waals surface area contributed by atoms with Crippen LogP contribution in [-0.4, -0.2) is 24.5 Å². The molecule has 0 bridgehead atoms. The van der Waals surface area contributed by atoms with Gasteiger partial charge < -0.3 is 5.11 Å². The lowest BCUT2D eigenvalue weighted by molar-refractivity contribution is 0.0695. The van der Waals surface area contributed by atoms with Crippen LogP contribution in [0.2, 0.25) is 5.02 Å². The molecule has 0 saturated heterocycles. The number of halogens is 1. The van der Waals surface area contributed by atoms with Crippen molar-refractivity contribution in [2.75, 3.05) is 0 Å². The molecule has 0 radical (unpaired) electrons. The van der Waals surface area contributed by atoms with Crippen LogP contribution in [0.1, 0.15) is 40.0 Å². The van der Waals surface area contributed by atoms with Crippen molar-refractivity contribution in [3.05, 3.63) is 94.3 Å². The molecule has 0 saturated carbocycles. The maximum absolute atomic E-state index is 12.9. The van der Waals surface area contributed by atoms with Crippen LogP contribution in [0.4, 0.5) is 0 Å². The third-order valence-electron chi connectivity index (χ3n) is 4.73. The van der Waals surface area contributed by atoms with Crippen molar-refractivity contribution in [2.45, 2.75) is 30.7 Å². The molecule has 3 aromatic rings. The number of aromatic carboxylic acids is 1. The largest absolute Gasteiger partial charge is 0.478 e. The molecule has 1 aromatic heterocycles. The Morgan fingerprint density at radius 3 is 2.50 bits per heavy atom. The molecule has 6 nitrogen and oxygen atoms in total. The van der Waals surface area contributed by atoms with E-state index in [1.165, 1.54) is 24.3 Å². The summed E-state index contributed by atoms with van der Waals surface area (Å²) in [5, 5.41) is 9.78. The van der Waals surface area contributed by atoms with Gasteiger partial charge >= 0.3 is 5.97 Å². The summed E-state index contributed by atoms with van der Waals surface area (Å²) in [4.78, 5) is 15.6. The number of rotatable bonds is 8. The van der Waals surface area contributed by atoms with Crippen molar-refractivity contribution in [2.24, 2.45) is 0 Å². The Labute approximate surface area is 180 Å². The van der Waals surface area contributed by atoms with Gasteiger partial charge in [0.25, 0.3) is 0 Å². The summed E-state index contributed by atoms with van der Waals surface area (Å²) in [5.41, 5.74) is 2.48. The number of aromatic nitrogens is 1. The van der Waals surface area contributed by atoms with E-state index in [9.17, 15) is 18.3 Å². The van der Waals surface area contributed by atoms with Crippen molar-refractivity contribution >= 4 is 27.6 Å². The molecule has 156 valence electrons. The third kappa shape index (κ3) is 5.24. The smallest absolute Gasteiger partial charge is 0.335 e. The fraction of sp³-hybridized carbons (Fsp3) is 0.182. The van der Waals surface area contributed by atoms with E-state index >= 15 is 0 Å². The summed E-state index contributed by atoms with van der Waals surface area (Å²) in [6, 6.07) is 14.0. The number of nitrogens with one attached hydrogen (secondary N) is 1. The maximum atomic E-state index is 12.9. The van der Waals surface area contributed by atoms with Crippen molar-refractivity contribution in [3.63, 3.8) is 0 Å². The molecule has 0 spiro atoms. The number of pyridine rings is 1. The summed E-state index contributed by atoms with van der Waals surface area (Å²) in [7, 11) is -3.81. The molecule has 1 heterocycles. The number of benzene rings is 2. The highest BCUT2D eigenvalue weighted by molar-refractivity contribution is 7.89. The molecule has 0 aliphatic heterocycles. The highest BCUT2D eigenvalue weighted by Gasteiger charge is 2.22. The first kappa shape index (κ1) is 22.0. The Balaban J connectivity index is 1.94. The fourth-order valence-electron chi connectivity index (χ4n) is 3.19. The fourth-order valence-corrected chi connectivity index (χ4v) is 4.54. The first-order valence-electron chi connectivity index (χ1n) is 9.33. The van der Waals surface area contributed by atoms with E-state index in [-0.39, 0.29) is 10.5 Å². The first-order chi connectivity index (χ1) is 14.3. The molecule has 0 aliphatic carbocycles. The van der Waals surface area contributed by atoms with E-state index < -0.39 is 22.0 Å². The molecule has 30 heavy (non-hydrogen) atoms. The molecular formula is C22H21ClN2O4S.